The first kappa shape index (κ1) is 14.2. The van der Waals surface area contributed by atoms with Crippen molar-refractivity contribution in [3.8, 4) is 0 Å². The Bertz CT molecular complexity index is 638. The number of rotatable bonds is 3. The molecule has 2 nitrogen and oxygen atoms in total. The van der Waals surface area contributed by atoms with E-state index in [-0.39, 0.29) is 0 Å². The van der Waals surface area contributed by atoms with Gasteiger partial charge in [0.05, 0.1) is 5.56 Å². The summed E-state index contributed by atoms with van der Waals surface area (Å²) in [7, 11) is 0. The molecule has 0 heterocycles. The van der Waals surface area contributed by atoms with E-state index in [0.29, 0.717) is 5.56 Å². The van der Waals surface area contributed by atoms with Crippen LogP contribution >= 0.6 is 27.7 Å². The van der Waals surface area contributed by atoms with Crippen LogP contribution in [0.15, 0.2) is 50.7 Å². The molecular weight excluding hydrogens is 324 g/mol. The lowest BCUT2D eigenvalue weighted by Crippen LogP contribution is -1.98. The van der Waals surface area contributed by atoms with Gasteiger partial charge in [-0.15, -0.1) is 0 Å². The number of aromatic carboxylic acids is 1. The second-order valence-corrected chi connectivity index (χ2v) is 6.32. The van der Waals surface area contributed by atoms with Gasteiger partial charge < -0.3 is 5.11 Å². The molecule has 0 aliphatic carbocycles. The fourth-order valence-corrected chi connectivity index (χ4v) is 3.25. The molecule has 0 radical (unpaired) electrons. The number of hydrogen-bond donors (Lipinski definition) is 1. The van der Waals surface area contributed by atoms with E-state index >= 15 is 0 Å². The summed E-state index contributed by atoms with van der Waals surface area (Å²) in [4.78, 5) is 13.0. The van der Waals surface area contributed by atoms with Gasteiger partial charge >= 0.3 is 5.97 Å². The number of carboxylic acid groups (broad SMARTS) is 1. The van der Waals surface area contributed by atoms with E-state index in [2.05, 4.69) is 41.9 Å². The molecular formula is C15H13BrO2S. The Morgan fingerprint density at radius 2 is 1.84 bits per heavy atom. The molecule has 0 spiro atoms. The van der Waals surface area contributed by atoms with Crippen molar-refractivity contribution in [3.63, 3.8) is 0 Å². The highest BCUT2D eigenvalue weighted by Crippen LogP contribution is 2.33. The first-order chi connectivity index (χ1) is 8.97. The molecule has 0 saturated heterocycles. The van der Waals surface area contributed by atoms with Crippen molar-refractivity contribution < 1.29 is 9.90 Å². The van der Waals surface area contributed by atoms with Crippen LogP contribution in [0.4, 0.5) is 0 Å². The number of halogens is 1. The standard InChI is InChI=1S/C15H13BrO2S/c1-9-3-5-12(7-10(9)2)19-14-8-11(16)4-6-13(14)15(17)18/h3-8H,1-2H3,(H,17,18). The molecule has 0 atom stereocenters. The van der Waals surface area contributed by atoms with Gasteiger partial charge in [-0.2, -0.15) is 0 Å². The number of carboxylic acids is 1. The number of aryl methyl sites for hydroxylation is 2. The largest absolute Gasteiger partial charge is 0.478 e. The fraction of sp³-hybridized carbons (Fsp3) is 0.133. The molecule has 2 aromatic rings. The molecule has 4 heteroatoms. The van der Waals surface area contributed by atoms with Gasteiger partial charge in [0.2, 0.25) is 0 Å². The Labute approximate surface area is 125 Å². The fourth-order valence-electron chi connectivity index (χ4n) is 1.66. The zero-order chi connectivity index (χ0) is 14.0. The van der Waals surface area contributed by atoms with E-state index in [1.807, 2.05) is 12.1 Å². The van der Waals surface area contributed by atoms with Crippen LogP contribution in [0.25, 0.3) is 0 Å². The molecule has 0 aromatic heterocycles. The van der Waals surface area contributed by atoms with E-state index in [0.717, 1.165) is 14.3 Å². The maximum atomic E-state index is 11.2. The van der Waals surface area contributed by atoms with Crippen molar-refractivity contribution in [2.45, 2.75) is 23.6 Å². The van der Waals surface area contributed by atoms with E-state index in [9.17, 15) is 9.90 Å². The monoisotopic (exact) mass is 336 g/mol. The van der Waals surface area contributed by atoms with Crippen molar-refractivity contribution in [1.29, 1.82) is 0 Å². The third-order valence-corrected chi connectivity index (χ3v) is 4.42. The molecule has 1 N–H and O–H groups in total. The molecule has 0 aliphatic rings. The smallest absolute Gasteiger partial charge is 0.336 e. The van der Waals surface area contributed by atoms with Crippen LogP contribution in [-0.2, 0) is 0 Å². The van der Waals surface area contributed by atoms with Crippen LogP contribution in [0.2, 0.25) is 0 Å². The summed E-state index contributed by atoms with van der Waals surface area (Å²) >= 11 is 4.85. The molecule has 0 amide bonds. The second-order valence-electron chi connectivity index (χ2n) is 4.29. The Morgan fingerprint density at radius 1 is 1.11 bits per heavy atom. The van der Waals surface area contributed by atoms with E-state index in [1.54, 1.807) is 12.1 Å². The van der Waals surface area contributed by atoms with Crippen molar-refractivity contribution in [3.05, 3.63) is 57.6 Å². The summed E-state index contributed by atoms with van der Waals surface area (Å²) in [6, 6.07) is 11.3. The van der Waals surface area contributed by atoms with E-state index in [4.69, 9.17) is 0 Å². The van der Waals surface area contributed by atoms with Crippen LogP contribution in [0, 0.1) is 13.8 Å². The number of benzene rings is 2. The van der Waals surface area contributed by atoms with Gasteiger partial charge in [0.15, 0.2) is 0 Å². The van der Waals surface area contributed by atoms with Crippen LogP contribution in [0.1, 0.15) is 21.5 Å². The maximum Gasteiger partial charge on any atom is 0.336 e. The Morgan fingerprint density at radius 3 is 2.47 bits per heavy atom. The third-order valence-electron chi connectivity index (χ3n) is 2.88. The van der Waals surface area contributed by atoms with Crippen LogP contribution in [0.3, 0.4) is 0 Å². The summed E-state index contributed by atoms with van der Waals surface area (Å²) < 4.78 is 0.879. The maximum absolute atomic E-state index is 11.2. The van der Waals surface area contributed by atoms with E-state index < -0.39 is 5.97 Å². The molecule has 0 aliphatic heterocycles. The highest BCUT2D eigenvalue weighted by atomic mass is 79.9. The Balaban J connectivity index is 2.39. The predicted molar refractivity (Wildman–Crippen MR) is 81.1 cm³/mol. The highest BCUT2D eigenvalue weighted by molar-refractivity contribution is 9.10. The molecule has 98 valence electrons. The average molecular weight is 337 g/mol. The quantitative estimate of drug-likeness (QED) is 0.864. The molecule has 0 fully saturated rings. The van der Waals surface area contributed by atoms with Crippen LogP contribution in [-0.4, -0.2) is 11.1 Å². The van der Waals surface area contributed by atoms with Crippen molar-refractivity contribution in [2.24, 2.45) is 0 Å². The van der Waals surface area contributed by atoms with Crippen molar-refractivity contribution >= 4 is 33.7 Å². The lowest BCUT2D eigenvalue weighted by Gasteiger charge is -2.08. The lowest BCUT2D eigenvalue weighted by atomic mass is 10.1. The molecule has 0 saturated carbocycles. The van der Waals surface area contributed by atoms with Gasteiger partial charge in [0, 0.05) is 14.3 Å². The normalized spacial score (nSPS) is 10.5. The van der Waals surface area contributed by atoms with Gasteiger partial charge in [-0.05, 0) is 55.3 Å². The summed E-state index contributed by atoms with van der Waals surface area (Å²) in [5, 5.41) is 9.20. The van der Waals surface area contributed by atoms with Gasteiger partial charge in [-0.1, -0.05) is 33.8 Å². The minimum atomic E-state index is -0.904. The Hall–Kier alpha value is -1.26. The predicted octanol–water partition coefficient (Wildman–Crippen LogP) is 4.92. The first-order valence-corrected chi connectivity index (χ1v) is 7.36. The minimum absolute atomic E-state index is 0.325. The summed E-state index contributed by atoms with van der Waals surface area (Å²) in [6.45, 7) is 4.12. The number of hydrogen-bond acceptors (Lipinski definition) is 2. The van der Waals surface area contributed by atoms with Crippen LogP contribution < -0.4 is 0 Å². The minimum Gasteiger partial charge on any atom is -0.478 e. The summed E-state index contributed by atoms with van der Waals surface area (Å²) in [5.74, 6) is -0.904. The Kier molecular flexibility index (Phi) is 4.32. The second kappa shape index (κ2) is 5.80. The number of carbonyl (C=O) groups is 1. The van der Waals surface area contributed by atoms with Crippen molar-refractivity contribution in [1.82, 2.24) is 0 Å². The summed E-state index contributed by atoms with van der Waals surface area (Å²) in [6.07, 6.45) is 0. The average Bonchev–Trinajstić information content (AvgIpc) is 2.33. The SMILES string of the molecule is Cc1ccc(Sc2cc(Br)ccc2C(=O)O)cc1C. The van der Waals surface area contributed by atoms with Crippen molar-refractivity contribution in [2.75, 3.05) is 0 Å². The van der Waals surface area contributed by atoms with Gasteiger partial charge in [0.1, 0.15) is 0 Å². The zero-order valence-corrected chi connectivity index (χ0v) is 13.0. The molecule has 19 heavy (non-hydrogen) atoms. The molecule has 2 aromatic carbocycles. The van der Waals surface area contributed by atoms with Gasteiger partial charge in [0.25, 0.3) is 0 Å². The zero-order valence-electron chi connectivity index (χ0n) is 10.6. The summed E-state index contributed by atoms with van der Waals surface area (Å²) in [5.41, 5.74) is 2.76. The first-order valence-electron chi connectivity index (χ1n) is 5.75. The molecule has 0 bridgehead atoms. The van der Waals surface area contributed by atoms with Gasteiger partial charge in [-0.3, -0.25) is 0 Å². The lowest BCUT2D eigenvalue weighted by molar-refractivity contribution is 0.0693. The van der Waals surface area contributed by atoms with Crippen LogP contribution in [0.5, 0.6) is 0 Å². The van der Waals surface area contributed by atoms with Gasteiger partial charge in [-0.25, -0.2) is 4.79 Å². The molecule has 2 rings (SSSR count). The van der Waals surface area contributed by atoms with E-state index in [1.165, 1.54) is 22.9 Å². The highest BCUT2D eigenvalue weighted by Gasteiger charge is 2.11. The third kappa shape index (κ3) is 3.39. The molecule has 0 unspecified atom stereocenters. The topological polar surface area (TPSA) is 37.3 Å².